The zero-order chi connectivity index (χ0) is 19.8. The molecule has 150 valence electrons. The average Bonchev–Trinajstić information content (AvgIpc) is 3.39. The number of nitrogens with zero attached hydrogens (tertiary/aromatic N) is 3. The molecular weight excluding hydrogens is 396 g/mol. The predicted octanol–water partition coefficient (Wildman–Crippen LogP) is 3.64. The molecule has 8 heteroatoms. The molecule has 2 amide bonds. The van der Waals surface area contributed by atoms with E-state index in [9.17, 15) is 9.59 Å². The molecule has 1 aromatic carbocycles. The molecule has 0 spiro atoms. The van der Waals surface area contributed by atoms with Gasteiger partial charge < -0.3 is 15.1 Å². The molecule has 2 aromatic rings. The quantitative estimate of drug-likeness (QED) is 0.672. The highest BCUT2D eigenvalue weighted by Crippen LogP contribution is 2.15. The van der Waals surface area contributed by atoms with Crippen molar-refractivity contribution in [2.45, 2.75) is 32.2 Å². The van der Waals surface area contributed by atoms with Crippen LogP contribution in [0.3, 0.4) is 0 Å². The second-order valence-electron chi connectivity index (χ2n) is 6.88. The average molecular weight is 421 g/mol. The van der Waals surface area contributed by atoms with Crippen molar-refractivity contribution in [2.75, 3.05) is 31.5 Å². The molecule has 0 bridgehead atoms. The first kappa shape index (κ1) is 20.8. The Hall–Kier alpha value is -1.96. The topological polar surface area (TPSA) is 65.5 Å². The Balaban J connectivity index is 1.54. The molecule has 1 saturated heterocycles. The summed E-state index contributed by atoms with van der Waals surface area (Å²) in [6, 6.07) is 7.55. The van der Waals surface area contributed by atoms with Gasteiger partial charge in [0.05, 0.1) is 0 Å². The minimum absolute atomic E-state index is 0.0107. The summed E-state index contributed by atoms with van der Waals surface area (Å²) in [5.41, 5.74) is 1.03. The summed E-state index contributed by atoms with van der Waals surface area (Å²) in [5.74, 6) is -0.197. The molecule has 1 fully saturated rings. The molecule has 0 saturated carbocycles. The molecule has 28 heavy (non-hydrogen) atoms. The SMILES string of the molecule is O=C(CCC(=O)N(CCN1CCCC1)Cc1ccc(Cl)cc1)Nc1nccs1. The number of benzene rings is 1. The normalized spacial score (nSPS) is 14.2. The van der Waals surface area contributed by atoms with E-state index in [1.807, 2.05) is 29.2 Å². The van der Waals surface area contributed by atoms with Crippen LogP contribution in [-0.4, -0.2) is 52.8 Å². The van der Waals surface area contributed by atoms with E-state index in [4.69, 9.17) is 11.6 Å². The van der Waals surface area contributed by atoms with E-state index in [1.165, 1.54) is 24.2 Å². The molecule has 0 radical (unpaired) electrons. The fourth-order valence-electron chi connectivity index (χ4n) is 3.22. The van der Waals surface area contributed by atoms with Crippen LogP contribution in [0.2, 0.25) is 5.02 Å². The second-order valence-corrected chi connectivity index (χ2v) is 8.21. The van der Waals surface area contributed by atoms with Crippen LogP contribution in [0.25, 0.3) is 0 Å². The molecule has 0 unspecified atom stereocenters. The third kappa shape index (κ3) is 6.58. The molecule has 1 aliphatic heterocycles. The number of hydrogen-bond donors (Lipinski definition) is 1. The molecule has 1 aliphatic rings. The number of carbonyl (C=O) groups is 2. The van der Waals surface area contributed by atoms with E-state index < -0.39 is 0 Å². The van der Waals surface area contributed by atoms with E-state index in [0.29, 0.717) is 23.2 Å². The largest absolute Gasteiger partial charge is 0.337 e. The van der Waals surface area contributed by atoms with Crippen molar-refractivity contribution in [1.82, 2.24) is 14.8 Å². The van der Waals surface area contributed by atoms with E-state index in [0.717, 1.165) is 25.2 Å². The molecule has 1 N–H and O–H groups in total. The van der Waals surface area contributed by atoms with Crippen LogP contribution in [0.4, 0.5) is 5.13 Å². The summed E-state index contributed by atoms with van der Waals surface area (Å²) >= 11 is 7.33. The number of carbonyl (C=O) groups excluding carboxylic acids is 2. The van der Waals surface area contributed by atoms with Crippen molar-refractivity contribution in [1.29, 1.82) is 0 Å². The van der Waals surface area contributed by atoms with Crippen LogP contribution in [-0.2, 0) is 16.1 Å². The zero-order valence-corrected chi connectivity index (χ0v) is 17.3. The van der Waals surface area contributed by atoms with E-state index >= 15 is 0 Å². The summed E-state index contributed by atoms with van der Waals surface area (Å²) in [5, 5.41) is 5.76. The van der Waals surface area contributed by atoms with Crippen LogP contribution in [0.5, 0.6) is 0 Å². The molecule has 2 heterocycles. The number of nitrogens with one attached hydrogen (secondary N) is 1. The fourth-order valence-corrected chi connectivity index (χ4v) is 3.89. The van der Waals surface area contributed by atoms with Gasteiger partial charge in [-0.15, -0.1) is 11.3 Å². The van der Waals surface area contributed by atoms with Gasteiger partial charge in [0.2, 0.25) is 11.8 Å². The Kier molecular flexibility index (Phi) is 7.82. The van der Waals surface area contributed by atoms with Crippen molar-refractivity contribution in [3.63, 3.8) is 0 Å². The molecule has 6 nitrogen and oxygen atoms in total. The van der Waals surface area contributed by atoms with Gasteiger partial charge in [-0.2, -0.15) is 0 Å². The van der Waals surface area contributed by atoms with Crippen LogP contribution < -0.4 is 5.32 Å². The Labute approximate surface area is 174 Å². The van der Waals surface area contributed by atoms with Gasteiger partial charge in [-0.1, -0.05) is 23.7 Å². The van der Waals surface area contributed by atoms with Crippen LogP contribution in [0.15, 0.2) is 35.8 Å². The summed E-state index contributed by atoms with van der Waals surface area (Å²) < 4.78 is 0. The first-order valence-electron chi connectivity index (χ1n) is 9.54. The summed E-state index contributed by atoms with van der Waals surface area (Å²) in [7, 11) is 0. The number of anilines is 1. The number of aromatic nitrogens is 1. The van der Waals surface area contributed by atoms with Crippen molar-refractivity contribution in [3.05, 3.63) is 46.4 Å². The number of halogens is 1. The van der Waals surface area contributed by atoms with Crippen LogP contribution in [0, 0.1) is 0 Å². The minimum atomic E-state index is -0.186. The lowest BCUT2D eigenvalue weighted by Gasteiger charge is -2.26. The Bertz CT molecular complexity index is 761. The fraction of sp³-hybridized carbons (Fsp3) is 0.450. The summed E-state index contributed by atoms with van der Waals surface area (Å²) in [4.78, 5) is 33.1. The molecule has 0 atom stereocenters. The number of hydrogen-bond acceptors (Lipinski definition) is 5. The Morgan fingerprint density at radius 3 is 2.61 bits per heavy atom. The van der Waals surface area contributed by atoms with Gasteiger partial charge >= 0.3 is 0 Å². The monoisotopic (exact) mass is 420 g/mol. The van der Waals surface area contributed by atoms with Crippen molar-refractivity contribution < 1.29 is 9.59 Å². The van der Waals surface area contributed by atoms with Gasteiger partial charge in [0.1, 0.15) is 0 Å². The highest BCUT2D eigenvalue weighted by Gasteiger charge is 2.18. The minimum Gasteiger partial charge on any atom is -0.337 e. The van der Waals surface area contributed by atoms with Gasteiger partial charge in [0, 0.05) is 49.1 Å². The van der Waals surface area contributed by atoms with Crippen LogP contribution >= 0.6 is 22.9 Å². The molecule has 3 rings (SSSR count). The summed E-state index contributed by atoms with van der Waals surface area (Å²) in [6.07, 6.45) is 4.42. The van der Waals surface area contributed by atoms with Crippen LogP contribution in [0.1, 0.15) is 31.2 Å². The predicted molar refractivity (Wildman–Crippen MR) is 113 cm³/mol. The van der Waals surface area contributed by atoms with Gasteiger partial charge in [0.15, 0.2) is 5.13 Å². The lowest BCUT2D eigenvalue weighted by Crippen LogP contribution is -2.37. The van der Waals surface area contributed by atoms with E-state index in [1.54, 1.807) is 11.6 Å². The second kappa shape index (κ2) is 10.5. The maximum absolute atomic E-state index is 12.8. The smallest absolute Gasteiger partial charge is 0.226 e. The first-order valence-corrected chi connectivity index (χ1v) is 10.8. The Morgan fingerprint density at radius 2 is 1.93 bits per heavy atom. The van der Waals surface area contributed by atoms with E-state index in [2.05, 4.69) is 15.2 Å². The third-order valence-electron chi connectivity index (χ3n) is 4.77. The number of thiazole rings is 1. The third-order valence-corrected chi connectivity index (χ3v) is 5.71. The Morgan fingerprint density at radius 1 is 1.18 bits per heavy atom. The van der Waals surface area contributed by atoms with Gasteiger partial charge in [-0.3, -0.25) is 9.59 Å². The molecule has 0 aliphatic carbocycles. The number of likely N-dealkylation sites (tertiary alicyclic amines) is 1. The zero-order valence-electron chi connectivity index (χ0n) is 15.8. The van der Waals surface area contributed by atoms with Crippen molar-refractivity contribution >= 4 is 39.9 Å². The van der Waals surface area contributed by atoms with Gasteiger partial charge in [-0.05, 0) is 43.6 Å². The first-order chi connectivity index (χ1) is 13.6. The highest BCUT2D eigenvalue weighted by atomic mass is 35.5. The lowest BCUT2D eigenvalue weighted by atomic mass is 10.2. The number of amides is 2. The van der Waals surface area contributed by atoms with Crippen molar-refractivity contribution in [2.24, 2.45) is 0 Å². The van der Waals surface area contributed by atoms with Crippen molar-refractivity contribution in [3.8, 4) is 0 Å². The van der Waals surface area contributed by atoms with Gasteiger partial charge in [-0.25, -0.2) is 4.98 Å². The molecule has 1 aromatic heterocycles. The van der Waals surface area contributed by atoms with E-state index in [-0.39, 0.29) is 24.7 Å². The number of rotatable bonds is 9. The maximum Gasteiger partial charge on any atom is 0.226 e. The lowest BCUT2D eigenvalue weighted by molar-refractivity contribution is -0.133. The summed E-state index contributed by atoms with van der Waals surface area (Å²) in [6.45, 7) is 4.25. The standard InChI is InChI=1S/C20H25ClN4O2S/c21-17-5-3-16(4-6-17)15-25(13-12-24-10-1-2-11-24)19(27)8-7-18(26)23-20-22-9-14-28-20/h3-6,9,14H,1-2,7-8,10-13,15H2,(H,22,23,26). The highest BCUT2D eigenvalue weighted by molar-refractivity contribution is 7.13. The van der Waals surface area contributed by atoms with Gasteiger partial charge in [0.25, 0.3) is 0 Å². The molecular formula is C20H25ClN4O2S. The maximum atomic E-state index is 12.8.